The molecule has 0 aromatic heterocycles. The van der Waals surface area contributed by atoms with Crippen molar-refractivity contribution in [1.82, 2.24) is 5.32 Å². The molecule has 98 valence electrons. The Morgan fingerprint density at radius 3 is 2.89 bits per heavy atom. The Morgan fingerprint density at radius 2 is 2.05 bits per heavy atom. The fourth-order valence-electron chi connectivity index (χ4n) is 2.86. The van der Waals surface area contributed by atoms with Crippen LogP contribution in [0.5, 0.6) is 5.75 Å². The molecule has 0 bridgehead atoms. The molecule has 1 atom stereocenters. The van der Waals surface area contributed by atoms with Crippen LogP contribution in [0.1, 0.15) is 34.7 Å². The van der Waals surface area contributed by atoms with E-state index in [0.717, 1.165) is 19.4 Å². The number of aromatic hydroxyl groups is 1. The van der Waals surface area contributed by atoms with Crippen LogP contribution in [0.3, 0.4) is 0 Å². The average Bonchev–Trinajstić information content (AvgIpc) is 2.80. The Balaban J connectivity index is 1.72. The molecule has 19 heavy (non-hydrogen) atoms. The van der Waals surface area contributed by atoms with Crippen LogP contribution < -0.4 is 5.32 Å². The van der Waals surface area contributed by atoms with Crippen LogP contribution >= 0.6 is 0 Å². The van der Waals surface area contributed by atoms with Crippen molar-refractivity contribution in [3.8, 4) is 5.75 Å². The van der Waals surface area contributed by atoms with Crippen molar-refractivity contribution >= 4 is 0 Å². The van der Waals surface area contributed by atoms with Gasteiger partial charge in [-0.2, -0.15) is 0 Å². The van der Waals surface area contributed by atoms with Crippen molar-refractivity contribution in [1.29, 1.82) is 0 Å². The van der Waals surface area contributed by atoms with Crippen LogP contribution in [0.25, 0.3) is 0 Å². The Hall–Kier alpha value is -1.80. The predicted molar refractivity (Wildman–Crippen MR) is 77.2 cm³/mol. The molecule has 0 aliphatic heterocycles. The number of phenols is 1. The normalized spacial score (nSPS) is 17.4. The molecule has 0 saturated carbocycles. The highest BCUT2D eigenvalue weighted by molar-refractivity contribution is 5.40. The highest BCUT2D eigenvalue weighted by Gasteiger charge is 2.22. The fourth-order valence-corrected chi connectivity index (χ4v) is 2.86. The number of hydrogen-bond donors (Lipinski definition) is 2. The van der Waals surface area contributed by atoms with E-state index in [2.05, 4.69) is 36.5 Å². The van der Waals surface area contributed by atoms with E-state index in [-0.39, 0.29) is 0 Å². The molecular weight excluding hydrogens is 234 g/mol. The SMILES string of the molecule is Cc1ccccc1CNC1CCc2cc(O)ccc21. The number of benzene rings is 2. The molecule has 2 aromatic carbocycles. The summed E-state index contributed by atoms with van der Waals surface area (Å²) in [6.07, 6.45) is 2.17. The van der Waals surface area contributed by atoms with Gasteiger partial charge in [-0.05, 0) is 54.2 Å². The Kier molecular flexibility index (Phi) is 3.26. The summed E-state index contributed by atoms with van der Waals surface area (Å²) in [7, 11) is 0. The second kappa shape index (κ2) is 5.06. The first kappa shape index (κ1) is 12.2. The molecule has 3 rings (SSSR count). The maximum absolute atomic E-state index is 9.51. The minimum absolute atomic E-state index is 0.373. The van der Waals surface area contributed by atoms with Gasteiger partial charge in [0.05, 0.1) is 0 Å². The molecule has 1 aliphatic carbocycles. The van der Waals surface area contributed by atoms with Gasteiger partial charge in [0.2, 0.25) is 0 Å². The van der Waals surface area contributed by atoms with Gasteiger partial charge in [-0.3, -0.25) is 0 Å². The lowest BCUT2D eigenvalue weighted by Gasteiger charge is -2.15. The van der Waals surface area contributed by atoms with Crippen LogP contribution in [0, 0.1) is 6.92 Å². The number of phenolic OH excluding ortho intramolecular Hbond substituents is 1. The number of nitrogens with one attached hydrogen (secondary N) is 1. The summed E-state index contributed by atoms with van der Waals surface area (Å²) in [6.45, 7) is 3.05. The summed E-state index contributed by atoms with van der Waals surface area (Å²) in [6, 6.07) is 14.6. The summed E-state index contributed by atoms with van der Waals surface area (Å²) >= 11 is 0. The first-order valence-corrected chi connectivity index (χ1v) is 6.84. The van der Waals surface area contributed by atoms with Gasteiger partial charge in [-0.25, -0.2) is 0 Å². The van der Waals surface area contributed by atoms with E-state index in [9.17, 15) is 5.11 Å². The Labute approximate surface area is 114 Å². The molecule has 0 amide bonds. The number of rotatable bonds is 3. The fraction of sp³-hybridized carbons (Fsp3) is 0.294. The third kappa shape index (κ3) is 2.49. The summed E-state index contributed by atoms with van der Waals surface area (Å²) in [5.74, 6) is 0.373. The number of hydrogen-bond acceptors (Lipinski definition) is 2. The molecule has 0 saturated heterocycles. The largest absolute Gasteiger partial charge is 0.508 e. The van der Waals surface area contributed by atoms with Crippen LogP contribution in [-0.2, 0) is 13.0 Å². The Bertz CT molecular complexity index is 592. The standard InChI is InChI=1S/C17H19NO/c1-12-4-2-3-5-14(12)11-18-17-9-6-13-10-15(19)7-8-16(13)17/h2-5,7-8,10,17-19H,6,9,11H2,1H3. The van der Waals surface area contributed by atoms with Crippen LogP contribution in [0.4, 0.5) is 0 Å². The lowest BCUT2D eigenvalue weighted by molar-refractivity contribution is 0.474. The molecule has 2 N–H and O–H groups in total. The summed E-state index contributed by atoms with van der Waals surface area (Å²) in [5.41, 5.74) is 5.31. The molecule has 2 heteroatoms. The molecular formula is C17H19NO. The first-order chi connectivity index (χ1) is 9.24. The third-order valence-electron chi connectivity index (χ3n) is 4.00. The van der Waals surface area contributed by atoms with E-state index in [1.165, 1.54) is 22.3 Å². The van der Waals surface area contributed by atoms with Gasteiger partial charge < -0.3 is 10.4 Å². The zero-order valence-electron chi connectivity index (χ0n) is 11.2. The van der Waals surface area contributed by atoms with Crippen LogP contribution in [-0.4, -0.2) is 5.11 Å². The minimum atomic E-state index is 0.373. The van der Waals surface area contributed by atoms with Crippen molar-refractivity contribution in [2.75, 3.05) is 0 Å². The van der Waals surface area contributed by atoms with Crippen molar-refractivity contribution < 1.29 is 5.11 Å². The van der Waals surface area contributed by atoms with Gasteiger partial charge in [0.15, 0.2) is 0 Å². The first-order valence-electron chi connectivity index (χ1n) is 6.84. The van der Waals surface area contributed by atoms with Crippen molar-refractivity contribution in [2.45, 2.75) is 32.4 Å². The molecule has 0 heterocycles. The van der Waals surface area contributed by atoms with Gasteiger partial charge in [0.25, 0.3) is 0 Å². The topological polar surface area (TPSA) is 32.3 Å². The van der Waals surface area contributed by atoms with Crippen molar-refractivity contribution in [3.05, 3.63) is 64.7 Å². The third-order valence-corrected chi connectivity index (χ3v) is 4.00. The molecule has 2 nitrogen and oxygen atoms in total. The summed E-state index contributed by atoms with van der Waals surface area (Å²) in [4.78, 5) is 0. The monoisotopic (exact) mass is 253 g/mol. The lowest BCUT2D eigenvalue weighted by Crippen LogP contribution is -2.19. The Morgan fingerprint density at radius 1 is 1.21 bits per heavy atom. The summed E-state index contributed by atoms with van der Waals surface area (Å²) < 4.78 is 0. The lowest BCUT2D eigenvalue weighted by atomic mass is 10.1. The van der Waals surface area contributed by atoms with Crippen LogP contribution in [0.2, 0.25) is 0 Å². The highest BCUT2D eigenvalue weighted by atomic mass is 16.3. The van der Waals surface area contributed by atoms with E-state index >= 15 is 0 Å². The maximum atomic E-state index is 9.51. The van der Waals surface area contributed by atoms with E-state index in [4.69, 9.17) is 0 Å². The molecule has 0 radical (unpaired) electrons. The van der Waals surface area contributed by atoms with E-state index in [1.807, 2.05) is 12.1 Å². The van der Waals surface area contributed by atoms with Gasteiger partial charge >= 0.3 is 0 Å². The smallest absolute Gasteiger partial charge is 0.115 e. The zero-order chi connectivity index (χ0) is 13.2. The average molecular weight is 253 g/mol. The zero-order valence-corrected chi connectivity index (χ0v) is 11.2. The minimum Gasteiger partial charge on any atom is -0.508 e. The van der Waals surface area contributed by atoms with Gasteiger partial charge in [-0.15, -0.1) is 0 Å². The van der Waals surface area contributed by atoms with Gasteiger partial charge in [0, 0.05) is 12.6 Å². The van der Waals surface area contributed by atoms with Gasteiger partial charge in [0.1, 0.15) is 5.75 Å². The molecule has 1 aliphatic rings. The molecule has 0 spiro atoms. The maximum Gasteiger partial charge on any atom is 0.115 e. The van der Waals surface area contributed by atoms with E-state index < -0.39 is 0 Å². The van der Waals surface area contributed by atoms with Gasteiger partial charge in [-0.1, -0.05) is 30.3 Å². The molecule has 1 unspecified atom stereocenters. The number of aryl methyl sites for hydroxylation is 2. The molecule has 0 fully saturated rings. The summed E-state index contributed by atoms with van der Waals surface area (Å²) in [5, 5.41) is 13.1. The quantitative estimate of drug-likeness (QED) is 0.877. The van der Waals surface area contributed by atoms with Crippen molar-refractivity contribution in [2.24, 2.45) is 0 Å². The van der Waals surface area contributed by atoms with Crippen LogP contribution in [0.15, 0.2) is 42.5 Å². The van der Waals surface area contributed by atoms with E-state index in [0.29, 0.717) is 11.8 Å². The van der Waals surface area contributed by atoms with Crippen molar-refractivity contribution in [3.63, 3.8) is 0 Å². The molecule has 2 aromatic rings. The second-order valence-electron chi connectivity index (χ2n) is 5.28. The van der Waals surface area contributed by atoms with E-state index in [1.54, 1.807) is 6.07 Å². The second-order valence-corrected chi connectivity index (χ2v) is 5.28. The number of fused-ring (bicyclic) bond motifs is 1. The highest BCUT2D eigenvalue weighted by Crippen LogP contribution is 2.33. The predicted octanol–water partition coefficient (Wildman–Crippen LogP) is 3.48.